The smallest absolute Gasteiger partial charge is 0.125 e. The molecule has 1 heterocycles. The van der Waals surface area contributed by atoms with Crippen molar-refractivity contribution in [2.24, 2.45) is 0 Å². The van der Waals surface area contributed by atoms with E-state index < -0.39 is 0 Å². The summed E-state index contributed by atoms with van der Waals surface area (Å²) in [6, 6.07) is 5.06. The molecular weight excluding hydrogens is 222 g/mol. The average molecular weight is 247 g/mol. The summed E-state index contributed by atoms with van der Waals surface area (Å²) in [5.74, 6) is 0.990. The highest BCUT2D eigenvalue weighted by Crippen LogP contribution is 2.23. The maximum atomic E-state index is 4.46. The number of aromatic nitrogens is 1. The molecule has 100 valence electrons. The van der Waals surface area contributed by atoms with E-state index in [1.807, 2.05) is 6.20 Å². The predicted octanol–water partition coefficient (Wildman–Crippen LogP) is 3.28. The fourth-order valence-corrected chi connectivity index (χ4v) is 2.64. The Morgan fingerprint density at radius 2 is 2.11 bits per heavy atom. The molecule has 0 saturated heterocycles. The molecule has 0 radical (unpaired) electrons. The lowest BCUT2D eigenvalue weighted by Crippen LogP contribution is -2.28. The lowest BCUT2D eigenvalue weighted by atomic mass is 10.2. The fourth-order valence-electron chi connectivity index (χ4n) is 2.64. The first kappa shape index (κ1) is 13.3. The molecule has 2 rings (SSSR count). The molecular formula is C15H25N3. The predicted molar refractivity (Wildman–Crippen MR) is 76.7 cm³/mol. The Hall–Kier alpha value is -1.09. The van der Waals surface area contributed by atoms with Gasteiger partial charge in [-0.2, -0.15) is 0 Å². The summed E-state index contributed by atoms with van der Waals surface area (Å²) in [5, 5.41) is 3.31. The van der Waals surface area contributed by atoms with Crippen LogP contribution in [0.2, 0.25) is 0 Å². The van der Waals surface area contributed by atoms with Crippen LogP contribution in [-0.4, -0.2) is 29.5 Å². The van der Waals surface area contributed by atoms with Crippen molar-refractivity contribution in [3.8, 4) is 0 Å². The van der Waals surface area contributed by atoms with Crippen LogP contribution in [0.1, 0.15) is 44.6 Å². The normalized spacial score (nSPS) is 16.4. The van der Waals surface area contributed by atoms with Crippen LogP contribution in [0.5, 0.6) is 0 Å². The number of pyridine rings is 1. The SMILES string of the molecule is CCCNc1ccc(CN(C)C2CCCC2)cn1. The zero-order valence-electron chi connectivity index (χ0n) is 11.7. The lowest BCUT2D eigenvalue weighted by molar-refractivity contribution is 0.237. The number of hydrogen-bond donors (Lipinski definition) is 1. The van der Waals surface area contributed by atoms with E-state index in [1.54, 1.807) is 0 Å². The van der Waals surface area contributed by atoms with Gasteiger partial charge in [-0.15, -0.1) is 0 Å². The molecule has 0 aromatic carbocycles. The van der Waals surface area contributed by atoms with Crippen molar-refractivity contribution in [1.82, 2.24) is 9.88 Å². The van der Waals surface area contributed by atoms with Gasteiger partial charge in [-0.25, -0.2) is 4.98 Å². The molecule has 3 heteroatoms. The minimum absolute atomic E-state index is 0.780. The number of nitrogens with zero attached hydrogens (tertiary/aromatic N) is 2. The van der Waals surface area contributed by atoms with Crippen LogP contribution in [0.3, 0.4) is 0 Å². The van der Waals surface area contributed by atoms with E-state index in [-0.39, 0.29) is 0 Å². The highest BCUT2D eigenvalue weighted by atomic mass is 15.1. The van der Waals surface area contributed by atoms with Crippen molar-refractivity contribution < 1.29 is 0 Å². The number of rotatable bonds is 6. The van der Waals surface area contributed by atoms with Gasteiger partial charge in [0.25, 0.3) is 0 Å². The van der Waals surface area contributed by atoms with Gasteiger partial charge in [-0.3, -0.25) is 4.90 Å². The summed E-state index contributed by atoms with van der Waals surface area (Å²) >= 11 is 0. The topological polar surface area (TPSA) is 28.2 Å². The van der Waals surface area contributed by atoms with Crippen LogP contribution in [0.4, 0.5) is 5.82 Å². The second-order valence-electron chi connectivity index (χ2n) is 5.33. The Balaban J connectivity index is 1.85. The van der Waals surface area contributed by atoms with Crippen molar-refractivity contribution in [2.75, 3.05) is 18.9 Å². The first-order valence-electron chi connectivity index (χ1n) is 7.18. The van der Waals surface area contributed by atoms with Gasteiger partial charge in [0.05, 0.1) is 0 Å². The van der Waals surface area contributed by atoms with Gasteiger partial charge < -0.3 is 5.32 Å². The Morgan fingerprint density at radius 1 is 1.33 bits per heavy atom. The molecule has 3 nitrogen and oxygen atoms in total. The van der Waals surface area contributed by atoms with Crippen molar-refractivity contribution in [3.63, 3.8) is 0 Å². The van der Waals surface area contributed by atoms with Gasteiger partial charge in [0.15, 0.2) is 0 Å². The number of hydrogen-bond acceptors (Lipinski definition) is 3. The molecule has 0 spiro atoms. The quantitative estimate of drug-likeness (QED) is 0.836. The molecule has 0 amide bonds. The van der Waals surface area contributed by atoms with Crippen molar-refractivity contribution in [1.29, 1.82) is 0 Å². The maximum absolute atomic E-state index is 4.46. The van der Waals surface area contributed by atoms with E-state index in [9.17, 15) is 0 Å². The molecule has 0 aliphatic heterocycles. The van der Waals surface area contributed by atoms with Crippen molar-refractivity contribution in [3.05, 3.63) is 23.9 Å². The van der Waals surface area contributed by atoms with Crippen LogP contribution in [0.25, 0.3) is 0 Å². The standard InChI is InChI=1S/C15H25N3/c1-3-10-16-15-9-8-13(11-17-15)12-18(2)14-6-4-5-7-14/h8-9,11,14H,3-7,10,12H2,1-2H3,(H,16,17). The van der Waals surface area contributed by atoms with Crippen LogP contribution in [-0.2, 0) is 6.54 Å². The van der Waals surface area contributed by atoms with Gasteiger partial charge in [0, 0.05) is 25.3 Å². The second-order valence-corrected chi connectivity index (χ2v) is 5.33. The van der Waals surface area contributed by atoms with Crippen LogP contribution in [0, 0.1) is 0 Å². The van der Waals surface area contributed by atoms with Crippen LogP contribution in [0.15, 0.2) is 18.3 Å². The molecule has 1 fully saturated rings. The largest absolute Gasteiger partial charge is 0.370 e. The molecule has 1 aliphatic rings. The summed E-state index contributed by atoms with van der Waals surface area (Å²) in [4.78, 5) is 6.93. The second kappa shape index (κ2) is 6.74. The summed E-state index contributed by atoms with van der Waals surface area (Å²) in [6.07, 6.45) is 8.65. The minimum atomic E-state index is 0.780. The van der Waals surface area contributed by atoms with Gasteiger partial charge in [-0.05, 0) is 37.9 Å². The van der Waals surface area contributed by atoms with E-state index in [2.05, 4.69) is 41.3 Å². The van der Waals surface area contributed by atoms with Gasteiger partial charge in [-0.1, -0.05) is 25.8 Å². The zero-order valence-corrected chi connectivity index (χ0v) is 11.7. The lowest BCUT2D eigenvalue weighted by Gasteiger charge is -2.23. The van der Waals surface area contributed by atoms with E-state index in [0.29, 0.717) is 0 Å². The van der Waals surface area contributed by atoms with E-state index >= 15 is 0 Å². The van der Waals surface area contributed by atoms with Gasteiger partial charge >= 0.3 is 0 Å². The third-order valence-corrected chi connectivity index (χ3v) is 3.76. The van der Waals surface area contributed by atoms with Gasteiger partial charge in [0.2, 0.25) is 0 Å². The van der Waals surface area contributed by atoms with E-state index in [1.165, 1.54) is 31.2 Å². The monoisotopic (exact) mass is 247 g/mol. The number of nitrogens with one attached hydrogen (secondary N) is 1. The summed E-state index contributed by atoms with van der Waals surface area (Å²) in [6.45, 7) is 4.18. The Labute approximate surface area is 111 Å². The van der Waals surface area contributed by atoms with Crippen LogP contribution >= 0.6 is 0 Å². The van der Waals surface area contributed by atoms with Crippen molar-refractivity contribution in [2.45, 2.75) is 51.6 Å². The summed E-state index contributed by atoms with van der Waals surface area (Å²) in [5.41, 5.74) is 1.31. The molecule has 1 aromatic heterocycles. The highest BCUT2D eigenvalue weighted by molar-refractivity contribution is 5.35. The molecule has 0 unspecified atom stereocenters. The van der Waals surface area contributed by atoms with E-state index in [0.717, 1.165) is 31.4 Å². The van der Waals surface area contributed by atoms with Gasteiger partial charge in [0.1, 0.15) is 5.82 Å². The maximum Gasteiger partial charge on any atom is 0.125 e. The minimum Gasteiger partial charge on any atom is -0.370 e. The molecule has 18 heavy (non-hydrogen) atoms. The Kier molecular flexibility index (Phi) is 5.00. The first-order chi connectivity index (χ1) is 8.79. The molecule has 0 bridgehead atoms. The molecule has 1 saturated carbocycles. The average Bonchev–Trinajstić information content (AvgIpc) is 2.92. The molecule has 0 atom stereocenters. The Bertz CT molecular complexity index is 341. The summed E-state index contributed by atoms with van der Waals surface area (Å²) < 4.78 is 0. The zero-order chi connectivity index (χ0) is 12.8. The number of anilines is 1. The molecule has 1 aliphatic carbocycles. The van der Waals surface area contributed by atoms with E-state index in [4.69, 9.17) is 0 Å². The Morgan fingerprint density at radius 3 is 2.72 bits per heavy atom. The van der Waals surface area contributed by atoms with Crippen LogP contribution < -0.4 is 5.32 Å². The first-order valence-corrected chi connectivity index (χ1v) is 7.18. The highest BCUT2D eigenvalue weighted by Gasteiger charge is 2.19. The molecule has 1 N–H and O–H groups in total. The third kappa shape index (κ3) is 3.70. The fraction of sp³-hybridized carbons (Fsp3) is 0.667. The summed E-state index contributed by atoms with van der Waals surface area (Å²) in [7, 11) is 2.24. The molecule has 1 aromatic rings. The third-order valence-electron chi connectivity index (χ3n) is 3.76. The van der Waals surface area contributed by atoms with Crippen molar-refractivity contribution >= 4 is 5.82 Å².